The zero-order chi connectivity index (χ0) is 17.9. The predicted molar refractivity (Wildman–Crippen MR) is 98.2 cm³/mol. The van der Waals surface area contributed by atoms with Crippen molar-refractivity contribution in [2.45, 2.75) is 13.5 Å². The van der Waals surface area contributed by atoms with E-state index in [0.717, 1.165) is 39.3 Å². The van der Waals surface area contributed by atoms with Gasteiger partial charge in [0, 0.05) is 65.8 Å². The van der Waals surface area contributed by atoms with Crippen LogP contribution in [0, 0.1) is 0 Å². The summed E-state index contributed by atoms with van der Waals surface area (Å²) < 4.78 is 0. The molecule has 1 aliphatic rings. The summed E-state index contributed by atoms with van der Waals surface area (Å²) in [6.45, 7) is 8.99. The molecule has 25 heavy (non-hydrogen) atoms. The Morgan fingerprint density at radius 2 is 1.48 bits per heavy atom. The van der Waals surface area contributed by atoms with Crippen molar-refractivity contribution in [3.05, 3.63) is 35.9 Å². The summed E-state index contributed by atoms with van der Waals surface area (Å²) >= 11 is 0. The monoisotopic (exact) mass is 347 g/mol. The van der Waals surface area contributed by atoms with E-state index in [-0.39, 0.29) is 11.9 Å². The highest BCUT2D eigenvalue weighted by molar-refractivity contribution is 5.74. The molecule has 138 valence electrons. The Hall–Kier alpha value is -2.12. The maximum Gasteiger partial charge on any atom is 0.314 e. The largest absolute Gasteiger partial charge is 0.355 e. The van der Waals surface area contributed by atoms with Gasteiger partial charge in [0.05, 0.1) is 0 Å². The third kappa shape index (κ3) is 8.00. The van der Waals surface area contributed by atoms with Gasteiger partial charge < -0.3 is 16.0 Å². The molecule has 1 saturated heterocycles. The van der Waals surface area contributed by atoms with Crippen LogP contribution >= 0.6 is 0 Å². The molecule has 3 amide bonds. The first-order valence-electron chi connectivity index (χ1n) is 8.88. The van der Waals surface area contributed by atoms with Crippen LogP contribution in [-0.2, 0) is 11.3 Å². The van der Waals surface area contributed by atoms with Crippen molar-refractivity contribution in [1.82, 2.24) is 25.8 Å². The summed E-state index contributed by atoms with van der Waals surface area (Å²) in [6, 6.07) is 10.4. The molecule has 0 radical (unpaired) electrons. The topological polar surface area (TPSA) is 76.7 Å². The smallest absolute Gasteiger partial charge is 0.314 e. The Labute approximate surface area is 149 Å². The summed E-state index contributed by atoms with van der Waals surface area (Å²) in [6.07, 6.45) is 0. The maximum atomic E-state index is 11.6. The number of hydrogen-bond acceptors (Lipinski definition) is 4. The highest BCUT2D eigenvalue weighted by Crippen LogP contribution is 2.07. The number of hydrogen-bond donors (Lipinski definition) is 3. The summed E-state index contributed by atoms with van der Waals surface area (Å²) in [7, 11) is 0. The lowest BCUT2D eigenvalue weighted by Crippen LogP contribution is -2.49. The van der Waals surface area contributed by atoms with E-state index in [1.807, 2.05) is 6.07 Å². The molecule has 7 heteroatoms. The van der Waals surface area contributed by atoms with Crippen LogP contribution in [0.1, 0.15) is 12.5 Å². The average molecular weight is 347 g/mol. The molecule has 0 aromatic heterocycles. The first-order chi connectivity index (χ1) is 12.1. The van der Waals surface area contributed by atoms with Crippen molar-refractivity contribution >= 4 is 11.9 Å². The molecule has 3 N–H and O–H groups in total. The zero-order valence-corrected chi connectivity index (χ0v) is 15.0. The number of benzene rings is 1. The Balaban J connectivity index is 1.52. The maximum absolute atomic E-state index is 11.6. The van der Waals surface area contributed by atoms with Crippen molar-refractivity contribution in [3.8, 4) is 0 Å². The molecular formula is C18H29N5O2. The van der Waals surface area contributed by atoms with E-state index in [9.17, 15) is 9.59 Å². The number of carbonyl (C=O) groups excluding carboxylic acids is 2. The van der Waals surface area contributed by atoms with Gasteiger partial charge in [-0.25, -0.2) is 4.79 Å². The highest BCUT2D eigenvalue weighted by Gasteiger charge is 2.16. The number of rotatable bonds is 8. The van der Waals surface area contributed by atoms with Crippen molar-refractivity contribution in [1.29, 1.82) is 0 Å². The van der Waals surface area contributed by atoms with Crippen LogP contribution in [0.5, 0.6) is 0 Å². The van der Waals surface area contributed by atoms with Crippen molar-refractivity contribution in [2.24, 2.45) is 0 Å². The lowest BCUT2D eigenvalue weighted by Gasteiger charge is -2.34. The van der Waals surface area contributed by atoms with Crippen molar-refractivity contribution in [2.75, 3.05) is 52.4 Å². The fraction of sp³-hybridized carbons (Fsp3) is 0.556. The van der Waals surface area contributed by atoms with E-state index in [1.54, 1.807) is 0 Å². The molecule has 1 heterocycles. The van der Waals surface area contributed by atoms with E-state index < -0.39 is 0 Å². The van der Waals surface area contributed by atoms with Crippen LogP contribution in [0.4, 0.5) is 4.79 Å². The van der Waals surface area contributed by atoms with Gasteiger partial charge in [-0.2, -0.15) is 0 Å². The van der Waals surface area contributed by atoms with E-state index in [4.69, 9.17) is 0 Å². The predicted octanol–water partition coefficient (Wildman–Crippen LogP) is 0.240. The molecule has 0 bridgehead atoms. The molecule has 0 aliphatic carbocycles. The minimum absolute atomic E-state index is 0.0892. The molecule has 1 aromatic carbocycles. The summed E-state index contributed by atoms with van der Waals surface area (Å²) in [4.78, 5) is 27.2. The van der Waals surface area contributed by atoms with Gasteiger partial charge in [-0.05, 0) is 5.56 Å². The SMILES string of the molecule is CC(=O)NCCNC(=O)NCCN1CCN(Cc2ccccc2)CC1. The minimum Gasteiger partial charge on any atom is -0.355 e. The lowest BCUT2D eigenvalue weighted by molar-refractivity contribution is -0.118. The molecule has 0 atom stereocenters. The Bertz CT molecular complexity index is 530. The fourth-order valence-electron chi connectivity index (χ4n) is 2.82. The average Bonchev–Trinajstić information content (AvgIpc) is 2.61. The van der Waals surface area contributed by atoms with Crippen LogP contribution in [-0.4, -0.2) is 74.1 Å². The second-order valence-electron chi connectivity index (χ2n) is 6.27. The molecule has 1 aliphatic heterocycles. The zero-order valence-electron chi connectivity index (χ0n) is 15.0. The number of carbonyl (C=O) groups is 2. The fourth-order valence-corrected chi connectivity index (χ4v) is 2.82. The van der Waals surface area contributed by atoms with Gasteiger partial charge in [0.15, 0.2) is 0 Å². The standard InChI is InChI=1S/C18H29N5O2/c1-16(24)19-7-8-20-18(25)21-9-10-22-11-13-23(14-12-22)15-17-5-3-2-4-6-17/h2-6H,7-15H2,1H3,(H,19,24)(H2,20,21,25). The van der Waals surface area contributed by atoms with Gasteiger partial charge in [0.25, 0.3) is 0 Å². The van der Waals surface area contributed by atoms with Gasteiger partial charge in [-0.15, -0.1) is 0 Å². The first-order valence-corrected chi connectivity index (χ1v) is 8.88. The molecule has 2 rings (SSSR count). The van der Waals surface area contributed by atoms with Crippen LogP contribution < -0.4 is 16.0 Å². The molecule has 0 unspecified atom stereocenters. The summed E-state index contributed by atoms with van der Waals surface area (Å²) in [5.41, 5.74) is 1.36. The second-order valence-corrected chi connectivity index (χ2v) is 6.27. The molecule has 7 nitrogen and oxygen atoms in total. The van der Waals surface area contributed by atoms with E-state index >= 15 is 0 Å². The quantitative estimate of drug-likeness (QED) is 0.589. The second kappa shape index (κ2) is 10.7. The van der Waals surface area contributed by atoms with Crippen LogP contribution in [0.25, 0.3) is 0 Å². The molecular weight excluding hydrogens is 318 g/mol. The van der Waals surface area contributed by atoms with E-state index in [1.165, 1.54) is 12.5 Å². The van der Waals surface area contributed by atoms with Crippen molar-refractivity contribution in [3.63, 3.8) is 0 Å². The number of nitrogens with one attached hydrogen (secondary N) is 3. The van der Waals surface area contributed by atoms with Crippen LogP contribution in [0.15, 0.2) is 30.3 Å². The Morgan fingerprint density at radius 1 is 0.880 bits per heavy atom. The Morgan fingerprint density at radius 3 is 2.16 bits per heavy atom. The highest BCUT2D eigenvalue weighted by atomic mass is 16.2. The van der Waals surface area contributed by atoms with Gasteiger partial charge >= 0.3 is 6.03 Å². The molecule has 0 spiro atoms. The third-order valence-corrected chi connectivity index (χ3v) is 4.21. The summed E-state index contributed by atoms with van der Waals surface area (Å²) in [5, 5.41) is 8.21. The van der Waals surface area contributed by atoms with Gasteiger partial charge in [-0.3, -0.25) is 14.6 Å². The number of piperazine rings is 1. The summed E-state index contributed by atoms with van der Waals surface area (Å²) in [5.74, 6) is -0.0892. The molecule has 1 fully saturated rings. The Kier molecular flexibility index (Phi) is 8.21. The van der Waals surface area contributed by atoms with Crippen molar-refractivity contribution < 1.29 is 9.59 Å². The number of nitrogens with zero attached hydrogens (tertiary/aromatic N) is 2. The third-order valence-electron chi connectivity index (χ3n) is 4.21. The normalized spacial score (nSPS) is 15.6. The van der Waals surface area contributed by atoms with Gasteiger partial charge in [0.2, 0.25) is 5.91 Å². The van der Waals surface area contributed by atoms with Crippen LogP contribution in [0.2, 0.25) is 0 Å². The van der Waals surface area contributed by atoms with Gasteiger partial charge in [0.1, 0.15) is 0 Å². The number of amides is 3. The first kappa shape index (κ1) is 19.2. The molecule has 0 saturated carbocycles. The van der Waals surface area contributed by atoms with Gasteiger partial charge in [-0.1, -0.05) is 30.3 Å². The van der Waals surface area contributed by atoms with E-state index in [0.29, 0.717) is 19.6 Å². The minimum atomic E-state index is -0.187. The lowest BCUT2D eigenvalue weighted by atomic mass is 10.2. The van der Waals surface area contributed by atoms with E-state index in [2.05, 4.69) is 50.0 Å². The van der Waals surface area contributed by atoms with Crippen LogP contribution in [0.3, 0.4) is 0 Å². The molecule has 1 aromatic rings. The number of urea groups is 1.